The lowest BCUT2D eigenvalue weighted by atomic mass is 10.2. The second-order valence-electron chi connectivity index (χ2n) is 4.55. The van der Waals surface area contributed by atoms with Crippen LogP contribution in [0.15, 0.2) is 53.4 Å². The molecule has 0 saturated heterocycles. The second-order valence-corrected chi connectivity index (χ2v) is 6.23. The number of carbonyl (C=O) groups excluding carboxylic acids is 1. The monoisotopic (exact) mass is 335 g/mol. The molecule has 0 fully saturated rings. The number of carbonyl (C=O) groups is 1. The molecule has 0 saturated carbocycles. The minimum atomic E-state index is -3.85. The molecular formula is C16H17NO5S. The number of esters is 1. The second kappa shape index (κ2) is 7.15. The Morgan fingerprint density at radius 3 is 2.57 bits per heavy atom. The molecule has 0 spiro atoms. The van der Waals surface area contributed by atoms with E-state index < -0.39 is 16.0 Å². The number of para-hydroxylation sites is 1. The first-order valence-electron chi connectivity index (χ1n) is 6.91. The summed E-state index contributed by atoms with van der Waals surface area (Å²) in [7, 11) is -2.40. The van der Waals surface area contributed by atoms with Crippen LogP contribution >= 0.6 is 0 Å². The predicted molar refractivity (Wildman–Crippen MR) is 86.2 cm³/mol. The van der Waals surface area contributed by atoms with Gasteiger partial charge >= 0.3 is 5.97 Å². The summed E-state index contributed by atoms with van der Waals surface area (Å²) in [5.74, 6) is -0.164. The highest BCUT2D eigenvalue weighted by atomic mass is 32.2. The molecule has 0 aromatic heterocycles. The number of hydrogen-bond donors (Lipinski definition) is 1. The van der Waals surface area contributed by atoms with Crippen LogP contribution in [0.1, 0.15) is 17.3 Å². The van der Waals surface area contributed by atoms with Gasteiger partial charge in [-0.2, -0.15) is 0 Å². The van der Waals surface area contributed by atoms with Gasteiger partial charge in [0.15, 0.2) is 0 Å². The van der Waals surface area contributed by atoms with E-state index in [9.17, 15) is 13.2 Å². The standard InChI is InChI=1S/C16H17NO5S/c1-3-22-16(18)14-9-4-5-10-15(14)17-23(19,20)13-8-6-7-12(11-13)21-2/h4-11,17H,3H2,1-2H3. The maximum Gasteiger partial charge on any atom is 0.340 e. The van der Waals surface area contributed by atoms with Crippen LogP contribution in [-0.4, -0.2) is 28.1 Å². The molecule has 2 aromatic rings. The van der Waals surface area contributed by atoms with Crippen LogP contribution in [0.3, 0.4) is 0 Å². The summed E-state index contributed by atoms with van der Waals surface area (Å²) in [5.41, 5.74) is 0.314. The van der Waals surface area contributed by atoms with Gasteiger partial charge in [-0.25, -0.2) is 13.2 Å². The Labute approximate surface area is 135 Å². The fourth-order valence-corrected chi connectivity index (χ4v) is 3.05. The first-order chi connectivity index (χ1) is 11.0. The van der Waals surface area contributed by atoms with Gasteiger partial charge in [0.25, 0.3) is 10.0 Å². The molecule has 0 amide bonds. The molecule has 6 nitrogen and oxygen atoms in total. The number of anilines is 1. The van der Waals surface area contributed by atoms with Crippen LogP contribution < -0.4 is 9.46 Å². The van der Waals surface area contributed by atoms with Crippen LogP contribution in [0.2, 0.25) is 0 Å². The van der Waals surface area contributed by atoms with Gasteiger partial charge in [-0.1, -0.05) is 18.2 Å². The van der Waals surface area contributed by atoms with Crippen molar-refractivity contribution in [2.75, 3.05) is 18.4 Å². The van der Waals surface area contributed by atoms with Crippen molar-refractivity contribution in [2.45, 2.75) is 11.8 Å². The third-order valence-corrected chi connectivity index (χ3v) is 4.38. The van der Waals surface area contributed by atoms with Gasteiger partial charge in [-0.15, -0.1) is 0 Å². The highest BCUT2D eigenvalue weighted by Crippen LogP contribution is 2.23. The molecule has 0 atom stereocenters. The highest BCUT2D eigenvalue weighted by molar-refractivity contribution is 7.92. The Bertz CT molecular complexity index is 802. The van der Waals surface area contributed by atoms with E-state index in [4.69, 9.17) is 9.47 Å². The lowest BCUT2D eigenvalue weighted by Crippen LogP contribution is -2.16. The van der Waals surface area contributed by atoms with Crippen LogP contribution in [0, 0.1) is 0 Å². The molecule has 0 heterocycles. The van der Waals surface area contributed by atoms with E-state index in [-0.39, 0.29) is 22.8 Å². The smallest absolute Gasteiger partial charge is 0.340 e. The fourth-order valence-electron chi connectivity index (χ4n) is 1.93. The minimum absolute atomic E-state index is 0.0375. The van der Waals surface area contributed by atoms with Crippen molar-refractivity contribution in [1.82, 2.24) is 0 Å². The van der Waals surface area contributed by atoms with E-state index in [0.29, 0.717) is 5.75 Å². The van der Waals surface area contributed by atoms with Crippen molar-refractivity contribution >= 4 is 21.7 Å². The predicted octanol–water partition coefficient (Wildman–Crippen LogP) is 2.67. The van der Waals surface area contributed by atoms with E-state index in [1.165, 1.54) is 31.4 Å². The third kappa shape index (κ3) is 4.01. The number of sulfonamides is 1. The molecular weight excluding hydrogens is 318 g/mol. The first kappa shape index (κ1) is 16.8. The normalized spacial score (nSPS) is 10.9. The summed E-state index contributed by atoms with van der Waals surface area (Å²) < 4.78 is 37.3. The molecule has 7 heteroatoms. The maximum absolute atomic E-state index is 12.5. The highest BCUT2D eigenvalue weighted by Gasteiger charge is 2.19. The Morgan fingerprint density at radius 2 is 1.87 bits per heavy atom. The van der Waals surface area contributed by atoms with E-state index in [2.05, 4.69) is 4.72 Å². The fraction of sp³-hybridized carbons (Fsp3) is 0.188. The molecule has 0 radical (unpaired) electrons. The third-order valence-electron chi connectivity index (χ3n) is 3.02. The van der Waals surface area contributed by atoms with Gasteiger partial charge in [0, 0.05) is 6.07 Å². The first-order valence-corrected chi connectivity index (χ1v) is 8.39. The van der Waals surface area contributed by atoms with Crippen LogP contribution in [0.4, 0.5) is 5.69 Å². The summed E-state index contributed by atoms with van der Waals surface area (Å²) in [4.78, 5) is 11.9. The number of hydrogen-bond acceptors (Lipinski definition) is 5. The van der Waals surface area contributed by atoms with Crippen molar-refractivity contribution in [3.05, 3.63) is 54.1 Å². The molecule has 0 aliphatic carbocycles. The molecule has 0 aliphatic rings. The number of benzene rings is 2. The van der Waals surface area contributed by atoms with Gasteiger partial charge < -0.3 is 9.47 Å². The van der Waals surface area contributed by atoms with E-state index in [1.807, 2.05) is 0 Å². The molecule has 1 N–H and O–H groups in total. The van der Waals surface area contributed by atoms with Crippen molar-refractivity contribution in [3.63, 3.8) is 0 Å². The quantitative estimate of drug-likeness (QED) is 0.821. The minimum Gasteiger partial charge on any atom is -0.497 e. The van der Waals surface area contributed by atoms with Gasteiger partial charge in [-0.05, 0) is 31.2 Å². The van der Waals surface area contributed by atoms with E-state index in [1.54, 1.807) is 31.2 Å². The molecule has 0 bridgehead atoms. The van der Waals surface area contributed by atoms with Gasteiger partial charge in [-0.3, -0.25) is 4.72 Å². The lowest BCUT2D eigenvalue weighted by Gasteiger charge is -2.12. The summed E-state index contributed by atoms with van der Waals surface area (Å²) in [6, 6.07) is 12.3. The van der Waals surface area contributed by atoms with Crippen molar-refractivity contribution in [1.29, 1.82) is 0 Å². The molecule has 23 heavy (non-hydrogen) atoms. The van der Waals surface area contributed by atoms with Crippen molar-refractivity contribution in [3.8, 4) is 5.75 Å². The number of nitrogens with one attached hydrogen (secondary N) is 1. The van der Waals surface area contributed by atoms with E-state index in [0.717, 1.165) is 0 Å². The zero-order valence-corrected chi connectivity index (χ0v) is 13.6. The average molecular weight is 335 g/mol. The van der Waals surface area contributed by atoms with Crippen molar-refractivity contribution < 1.29 is 22.7 Å². The summed E-state index contributed by atoms with van der Waals surface area (Å²) in [6.45, 7) is 1.89. The molecule has 2 aromatic carbocycles. The Hall–Kier alpha value is -2.54. The molecule has 2 rings (SSSR count). The maximum atomic E-state index is 12.5. The summed E-state index contributed by atoms with van der Waals surface area (Å²) in [6.07, 6.45) is 0. The van der Waals surface area contributed by atoms with Crippen molar-refractivity contribution in [2.24, 2.45) is 0 Å². The van der Waals surface area contributed by atoms with Gasteiger partial charge in [0.05, 0.1) is 29.9 Å². The zero-order valence-electron chi connectivity index (χ0n) is 12.8. The van der Waals surface area contributed by atoms with Gasteiger partial charge in [0.2, 0.25) is 0 Å². The average Bonchev–Trinajstić information content (AvgIpc) is 2.55. The Morgan fingerprint density at radius 1 is 1.13 bits per heavy atom. The topological polar surface area (TPSA) is 81.7 Å². The van der Waals surface area contributed by atoms with Crippen LogP contribution in [0.25, 0.3) is 0 Å². The zero-order chi connectivity index (χ0) is 16.9. The summed E-state index contributed by atoms with van der Waals surface area (Å²) >= 11 is 0. The Balaban J connectivity index is 2.36. The lowest BCUT2D eigenvalue weighted by molar-refractivity contribution is 0.0527. The molecule has 0 unspecified atom stereocenters. The Kier molecular flexibility index (Phi) is 5.23. The van der Waals surface area contributed by atoms with Gasteiger partial charge in [0.1, 0.15) is 5.75 Å². The number of methoxy groups -OCH3 is 1. The van der Waals surface area contributed by atoms with Crippen LogP contribution in [0.5, 0.6) is 5.75 Å². The number of rotatable bonds is 6. The molecule has 122 valence electrons. The molecule has 0 aliphatic heterocycles. The largest absolute Gasteiger partial charge is 0.497 e. The number of ether oxygens (including phenoxy) is 2. The SMILES string of the molecule is CCOC(=O)c1ccccc1NS(=O)(=O)c1cccc(OC)c1. The summed E-state index contributed by atoms with van der Waals surface area (Å²) in [5, 5.41) is 0. The van der Waals surface area contributed by atoms with E-state index >= 15 is 0 Å². The van der Waals surface area contributed by atoms with Crippen LogP contribution in [-0.2, 0) is 14.8 Å².